The highest BCUT2D eigenvalue weighted by molar-refractivity contribution is 7.19. The van der Waals surface area contributed by atoms with Crippen LogP contribution in [0.4, 0.5) is 17.6 Å². The number of aliphatic hydroxyl groups is 1. The number of halogens is 4. The predicted octanol–water partition coefficient (Wildman–Crippen LogP) is 5.30. The highest BCUT2D eigenvalue weighted by Crippen LogP contribution is 2.42. The van der Waals surface area contributed by atoms with Crippen LogP contribution in [0.5, 0.6) is 5.75 Å². The van der Waals surface area contributed by atoms with Crippen LogP contribution in [0.3, 0.4) is 0 Å². The van der Waals surface area contributed by atoms with E-state index < -0.39 is 36.4 Å². The van der Waals surface area contributed by atoms with Gasteiger partial charge in [0.05, 0.1) is 13.8 Å². The molecule has 1 N–H and O–H groups in total. The van der Waals surface area contributed by atoms with Crippen LogP contribution in [-0.2, 0) is 11.8 Å². The highest BCUT2D eigenvalue weighted by Gasteiger charge is 2.46. The second-order valence-electron chi connectivity index (χ2n) is 7.42. The molecule has 0 aliphatic rings. The minimum Gasteiger partial charge on any atom is -0.496 e. The van der Waals surface area contributed by atoms with Crippen LogP contribution in [-0.4, -0.2) is 35.9 Å². The molecule has 0 fully saturated rings. The second kappa shape index (κ2) is 8.28. The van der Waals surface area contributed by atoms with E-state index in [9.17, 15) is 22.7 Å². The molecule has 0 spiro atoms. The summed E-state index contributed by atoms with van der Waals surface area (Å²) >= 11 is 1.27. The van der Waals surface area contributed by atoms with Crippen molar-refractivity contribution in [1.82, 2.24) is 4.98 Å². The third-order valence-corrected chi connectivity index (χ3v) is 6.17. The zero-order valence-electron chi connectivity index (χ0n) is 16.0. The van der Waals surface area contributed by atoms with E-state index >= 15 is 0 Å². The Bertz CT molecular complexity index is 963. The molecule has 2 heterocycles. The first-order valence-electron chi connectivity index (χ1n) is 8.94. The van der Waals surface area contributed by atoms with Gasteiger partial charge in [0.2, 0.25) is 0 Å². The first kappa shape index (κ1) is 21.5. The van der Waals surface area contributed by atoms with Gasteiger partial charge in [-0.15, -0.1) is 11.3 Å². The van der Waals surface area contributed by atoms with Crippen molar-refractivity contribution >= 4 is 21.4 Å². The van der Waals surface area contributed by atoms with Gasteiger partial charge in [-0.3, -0.25) is 9.37 Å². The zero-order chi connectivity index (χ0) is 21.2. The Labute approximate surface area is 170 Å². The van der Waals surface area contributed by atoms with Gasteiger partial charge in [0.25, 0.3) is 6.43 Å². The maximum atomic E-state index is 14.1. The summed E-state index contributed by atoms with van der Waals surface area (Å²) in [5.74, 6) is -0.464. The molecule has 0 bridgehead atoms. The number of hydrogen-bond acceptors (Lipinski definition) is 4. The van der Waals surface area contributed by atoms with Crippen molar-refractivity contribution in [1.29, 1.82) is 0 Å². The van der Waals surface area contributed by atoms with Gasteiger partial charge in [-0.25, -0.2) is 13.2 Å². The molecule has 0 saturated heterocycles. The number of ether oxygens (including phenoxy) is 1. The Hall–Kier alpha value is -2.19. The van der Waals surface area contributed by atoms with Crippen LogP contribution in [0, 0.1) is 5.82 Å². The largest absolute Gasteiger partial charge is 0.496 e. The van der Waals surface area contributed by atoms with E-state index in [-0.39, 0.29) is 17.7 Å². The lowest BCUT2D eigenvalue weighted by Crippen LogP contribution is -2.46. The smallest absolute Gasteiger partial charge is 0.267 e. The molecule has 2 atom stereocenters. The maximum Gasteiger partial charge on any atom is 0.267 e. The molecule has 0 radical (unpaired) electrons. The highest BCUT2D eigenvalue weighted by atomic mass is 32.1. The van der Waals surface area contributed by atoms with Crippen LogP contribution < -0.4 is 4.74 Å². The molecule has 2 aromatic heterocycles. The summed E-state index contributed by atoms with van der Waals surface area (Å²) in [6, 6.07) is 6.98. The first-order valence-corrected chi connectivity index (χ1v) is 9.75. The SMILES string of the molecule is COc1ccc(F)cc1C(C)(CF)CC(O)(Cc1cc2cnccc2s1)C(F)F. The molecule has 0 saturated carbocycles. The average molecular weight is 427 g/mol. The summed E-state index contributed by atoms with van der Waals surface area (Å²) in [5.41, 5.74) is -3.98. The van der Waals surface area contributed by atoms with Crippen LogP contribution in [0.25, 0.3) is 10.1 Å². The lowest BCUT2D eigenvalue weighted by atomic mass is 9.73. The lowest BCUT2D eigenvalue weighted by Gasteiger charge is -2.37. The Morgan fingerprint density at radius 1 is 1.24 bits per heavy atom. The molecule has 8 heteroatoms. The molecular weight excluding hydrogens is 406 g/mol. The van der Waals surface area contributed by atoms with Gasteiger partial charge >= 0.3 is 0 Å². The molecule has 2 unspecified atom stereocenters. The van der Waals surface area contributed by atoms with Crippen molar-refractivity contribution in [2.45, 2.75) is 37.2 Å². The van der Waals surface area contributed by atoms with Crippen LogP contribution in [0.15, 0.2) is 42.7 Å². The summed E-state index contributed by atoms with van der Waals surface area (Å²) in [4.78, 5) is 4.53. The number of hydrogen-bond donors (Lipinski definition) is 1. The number of nitrogens with zero attached hydrogens (tertiary/aromatic N) is 1. The Morgan fingerprint density at radius 2 is 2.00 bits per heavy atom. The van der Waals surface area contributed by atoms with Gasteiger partial charge in [0.1, 0.15) is 17.2 Å². The number of rotatable bonds is 8. The number of benzene rings is 1. The van der Waals surface area contributed by atoms with Crippen molar-refractivity contribution in [3.8, 4) is 5.75 Å². The summed E-state index contributed by atoms with van der Waals surface area (Å²) < 4.78 is 61.9. The number of thiophene rings is 1. The minimum atomic E-state index is -3.13. The molecule has 1 aromatic carbocycles. The van der Waals surface area contributed by atoms with E-state index in [0.717, 1.165) is 22.2 Å². The number of methoxy groups -OCH3 is 1. The van der Waals surface area contributed by atoms with E-state index in [4.69, 9.17) is 4.74 Å². The lowest BCUT2D eigenvalue weighted by molar-refractivity contribution is -0.112. The number of alkyl halides is 3. The molecule has 0 aliphatic carbocycles. The molecular formula is C21H21F4NO2S. The van der Waals surface area contributed by atoms with E-state index in [2.05, 4.69) is 4.98 Å². The minimum absolute atomic E-state index is 0.0992. The molecule has 156 valence electrons. The molecule has 3 aromatic rings. The fourth-order valence-electron chi connectivity index (χ4n) is 3.59. The Morgan fingerprint density at radius 3 is 2.62 bits per heavy atom. The molecule has 29 heavy (non-hydrogen) atoms. The van der Waals surface area contributed by atoms with Gasteiger partial charge in [-0.05, 0) is 36.8 Å². The quantitative estimate of drug-likeness (QED) is 0.496. The van der Waals surface area contributed by atoms with Crippen LogP contribution >= 0.6 is 11.3 Å². The number of pyridine rings is 1. The van der Waals surface area contributed by atoms with E-state index in [1.807, 2.05) is 0 Å². The maximum absolute atomic E-state index is 14.1. The fraction of sp³-hybridized carbons (Fsp3) is 0.381. The van der Waals surface area contributed by atoms with Gasteiger partial charge in [0, 0.05) is 44.8 Å². The van der Waals surface area contributed by atoms with E-state index in [1.54, 1.807) is 24.5 Å². The van der Waals surface area contributed by atoms with Crippen molar-refractivity contribution < 1.29 is 27.4 Å². The standard InChI is InChI=1S/C21H21F4NO2S/c1-20(12-22,16-8-14(23)3-4-17(16)28-2)11-21(27,19(24)25)9-15-7-13-10-26-6-5-18(13)29-15/h3-8,10,19,27H,9,11-12H2,1-2H3. The molecule has 0 amide bonds. The molecule has 3 rings (SSSR count). The number of aromatic nitrogens is 1. The third-order valence-electron chi connectivity index (χ3n) is 5.06. The Balaban J connectivity index is 1.98. The summed E-state index contributed by atoms with van der Waals surface area (Å²) in [6.07, 6.45) is -0.896. The summed E-state index contributed by atoms with van der Waals surface area (Å²) in [5, 5.41) is 11.6. The average Bonchev–Trinajstić information content (AvgIpc) is 3.09. The van der Waals surface area contributed by atoms with Gasteiger partial charge in [-0.2, -0.15) is 0 Å². The third kappa shape index (κ3) is 4.38. The molecule has 0 aliphatic heterocycles. The van der Waals surface area contributed by atoms with Crippen molar-refractivity contribution in [3.05, 3.63) is 59.0 Å². The van der Waals surface area contributed by atoms with Gasteiger partial charge in [0.15, 0.2) is 0 Å². The Kier molecular flexibility index (Phi) is 6.14. The van der Waals surface area contributed by atoms with Crippen LogP contribution in [0.2, 0.25) is 0 Å². The monoisotopic (exact) mass is 427 g/mol. The van der Waals surface area contributed by atoms with E-state index in [1.165, 1.54) is 31.4 Å². The van der Waals surface area contributed by atoms with Crippen molar-refractivity contribution in [2.24, 2.45) is 0 Å². The van der Waals surface area contributed by atoms with Crippen LogP contribution in [0.1, 0.15) is 23.8 Å². The second-order valence-corrected chi connectivity index (χ2v) is 8.59. The molecule has 3 nitrogen and oxygen atoms in total. The topological polar surface area (TPSA) is 42.4 Å². The van der Waals surface area contributed by atoms with Crippen molar-refractivity contribution in [3.63, 3.8) is 0 Å². The first-order chi connectivity index (χ1) is 13.7. The van der Waals surface area contributed by atoms with E-state index in [0.29, 0.717) is 4.88 Å². The van der Waals surface area contributed by atoms with Gasteiger partial charge < -0.3 is 9.84 Å². The normalized spacial score (nSPS) is 16.0. The predicted molar refractivity (Wildman–Crippen MR) is 105 cm³/mol. The zero-order valence-corrected chi connectivity index (χ0v) is 16.8. The summed E-state index contributed by atoms with van der Waals surface area (Å²) in [6.45, 7) is 0.310. The fourth-order valence-corrected chi connectivity index (χ4v) is 4.74. The summed E-state index contributed by atoms with van der Waals surface area (Å²) in [7, 11) is 1.33. The van der Waals surface area contributed by atoms with Gasteiger partial charge in [-0.1, -0.05) is 6.92 Å². The van der Waals surface area contributed by atoms with Crippen molar-refractivity contribution in [2.75, 3.05) is 13.8 Å². The number of fused-ring (bicyclic) bond motifs is 1.